The molecule has 0 fully saturated rings. The Bertz CT molecular complexity index is 852. The lowest BCUT2D eigenvalue weighted by Gasteiger charge is -2.06. The zero-order chi connectivity index (χ0) is 17.8. The fourth-order valence-electron chi connectivity index (χ4n) is 2.27. The summed E-state index contributed by atoms with van der Waals surface area (Å²) in [6.07, 6.45) is 0. The Morgan fingerprint density at radius 3 is 2.24 bits per heavy atom. The molecule has 0 saturated carbocycles. The van der Waals surface area contributed by atoms with Crippen LogP contribution in [0.4, 0.5) is 15.6 Å². The van der Waals surface area contributed by atoms with Crippen LogP contribution in [-0.2, 0) is 0 Å². The molecule has 3 aromatic rings. The van der Waals surface area contributed by atoms with Crippen LogP contribution in [0.5, 0.6) is 17.2 Å². The van der Waals surface area contributed by atoms with Gasteiger partial charge in [0, 0.05) is 5.69 Å². The van der Waals surface area contributed by atoms with E-state index in [1.54, 1.807) is 57.7 Å². The van der Waals surface area contributed by atoms with Gasteiger partial charge in [0.2, 0.25) is 0 Å². The van der Waals surface area contributed by atoms with Crippen molar-refractivity contribution < 1.29 is 19.0 Å². The molecule has 2 aromatic carbocycles. The average Bonchev–Trinajstić information content (AvgIpc) is 3.04. The number of urea groups is 1. The second-order valence-electron chi connectivity index (χ2n) is 4.97. The summed E-state index contributed by atoms with van der Waals surface area (Å²) in [7, 11) is 4.75. The quantitative estimate of drug-likeness (QED) is 0.720. The Balaban J connectivity index is 1.78. The monoisotopic (exact) mass is 359 g/mol. The van der Waals surface area contributed by atoms with Gasteiger partial charge in [-0.2, -0.15) is 0 Å². The van der Waals surface area contributed by atoms with Crippen molar-refractivity contribution >= 4 is 38.4 Å². The van der Waals surface area contributed by atoms with E-state index < -0.39 is 0 Å². The number of hydrogen-bond donors (Lipinski definition) is 2. The van der Waals surface area contributed by atoms with Crippen molar-refractivity contribution in [3.8, 4) is 17.2 Å². The molecule has 8 heteroatoms. The minimum Gasteiger partial charge on any atom is -0.497 e. The summed E-state index contributed by atoms with van der Waals surface area (Å²) >= 11 is 1.31. The SMILES string of the molecule is COc1ccc(NC(=O)Nc2nc3c(OC)ccc(OC)c3s2)cc1. The van der Waals surface area contributed by atoms with Gasteiger partial charge in [0.1, 0.15) is 27.5 Å². The Labute approximate surface area is 148 Å². The average molecular weight is 359 g/mol. The molecule has 0 saturated heterocycles. The van der Waals surface area contributed by atoms with Crippen LogP contribution in [-0.4, -0.2) is 32.3 Å². The summed E-state index contributed by atoms with van der Waals surface area (Å²) in [5, 5.41) is 5.92. The summed E-state index contributed by atoms with van der Waals surface area (Å²) in [4.78, 5) is 16.6. The van der Waals surface area contributed by atoms with E-state index in [4.69, 9.17) is 14.2 Å². The van der Waals surface area contributed by atoms with E-state index in [-0.39, 0.29) is 6.03 Å². The fourth-order valence-corrected chi connectivity index (χ4v) is 3.24. The number of ether oxygens (including phenoxy) is 3. The number of thiazole rings is 1. The van der Waals surface area contributed by atoms with Crippen molar-refractivity contribution in [1.29, 1.82) is 0 Å². The summed E-state index contributed by atoms with van der Waals surface area (Å²) in [5.74, 6) is 2.02. The Morgan fingerprint density at radius 1 is 0.920 bits per heavy atom. The number of anilines is 2. The van der Waals surface area contributed by atoms with Crippen molar-refractivity contribution in [2.45, 2.75) is 0 Å². The molecular formula is C17H17N3O4S. The molecule has 0 spiro atoms. The molecule has 130 valence electrons. The van der Waals surface area contributed by atoms with Crippen molar-refractivity contribution in [3.05, 3.63) is 36.4 Å². The van der Waals surface area contributed by atoms with Gasteiger partial charge in [-0.3, -0.25) is 5.32 Å². The lowest BCUT2D eigenvalue weighted by atomic mass is 10.3. The second kappa shape index (κ2) is 7.27. The van der Waals surface area contributed by atoms with Crippen LogP contribution in [0, 0.1) is 0 Å². The van der Waals surface area contributed by atoms with Crippen LogP contribution in [0.1, 0.15) is 0 Å². The van der Waals surface area contributed by atoms with Gasteiger partial charge in [-0.1, -0.05) is 11.3 Å². The van der Waals surface area contributed by atoms with Gasteiger partial charge in [-0.05, 0) is 36.4 Å². The highest BCUT2D eigenvalue weighted by Gasteiger charge is 2.15. The normalized spacial score (nSPS) is 10.4. The topological polar surface area (TPSA) is 81.7 Å². The van der Waals surface area contributed by atoms with E-state index in [0.717, 1.165) is 10.4 Å². The van der Waals surface area contributed by atoms with E-state index >= 15 is 0 Å². The number of nitrogens with one attached hydrogen (secondary N) is 2. The number of carbonyl (C=O) groups is 1. The van der Waals surface area contributed by atoms with Gasteiger partial charge in [0.25, 0.3) is 0 Å². The Morgan fingerprint density at radius 2 is 1.60 bits per heavy atom. The summed E-state index contributed by atoms with van der Waals surface area (Å²) in [6.45, 7) is 0. The second-order valence-corrected chi connectivity index (χ2v) is 5.97. The number of rotatable bonds is 5. The lowest BCUT2D eigenvalue weighted by Crippen LogP contribution is -2.19. The fraction of sp³-hybridized carbons (Fsp3) is 0.176. The third-order valence-corrected chi connectivity index (χ3v) is 4.46. The van der Waals surface area contributed by atoms with Crippen LogP contribution < -0.4 is 24.8 Å². The summed E-state index contributed by atoms with van der Waals surface area (Å²) < 4.78 is 16.5. The van der Waals surface area contributed by atoms with Gasteiger partial charge in [-0.15, -0.1) is 0 Å². The molecule has 1 aromatic heterocycles. The Hall–Kier alpha value is -3.00. The molecule has 2 N–H and O–H groups in total. The number of benzene rings is 2. The third-order valence-electron chi connectivity index (χ3n) is 3.48. The number of carbonyl (C=O) groups excluding carboxylic acids is 1. The van der Waals surface area contributed by atoms with Gasteiger partial charge >= 0.3 is 6.03 Å². The molecule has 0 radical (unpaired) electrons. The molecule has 1 heterocycles. The number of hydrogen-bond acceptors (Lipinski definition) is 6. The predicted octanol–water partition coefficient (Wildman–Crippen LogP) is 3.97. The molecule has 7 nitrogen and oxygen atoms in total. The maximum atomic E-state index is 12.2. The number of amides is 2. The van der Waals surface area contributed by atoms with Crippen molar-refractivity contribution in [3.63, 3.8) is 0 Å². The molecular weight excluding hydrogens is 342 g/mol. The first-order valence-corrected chi connectivity index (χ1v) is 8.20. The van der Waals surface area contributed by atoms with Gasteiger partial charge in [0.05, 0.1) is 21.3 Å². The first-order valence-electron chi connectivity index (χ1n) is 7.38. The standard InChI is InChI=1S/C17H17N3O4S/c1-22-11-6-4-10(5-7-11)18-16(21)20-17-19-14-12(23-2)8-9-13(24-3)15(14)25-17/h4-9H,1-3H3,(H2,18,19,20,21). The molecule has 0 unspecified atom stereocenters. The van der Waals surface area contributed by atoms with E-state index in [0.29, 0.717) is 27.8 Å². The summed E-state index contributed by atoms with van der Waals surface area (Å²) in [6, 6.07) is 10.2. The van der Waals surface area contributed by atoms with Crippen LogP contribution in [0.25, 0.3) is 10.2 Å². The van der Waals surface area contributed by atoms with Crippen molar-refractivity contribution in [1.82, 2.24) is 4.98 Å². The van der Waals surface area contributed by atoms with E-state index in [2.05, 4.69) is 15.6 Å². The largest absolute Gasteiger partial charge is 0.497 e. The molecule has 0 aliphatic rings. The maximum absolute atomic E-state index is 12.2. The summed E-state index contributed by atoms with van der Waals surface area (Å²) in [5.41, 5.74) is 1.29. The maximum Gasteiger partial charge on any atom is 0.325 e. The number of aromatic nitrogens is 1. The van der Waals surface area contributed by atoms with Gasteiger partial charge in [0.15, 0.2) is 5.13 Å². The first kappa shape index (κ1) is 16.8. The minimum atomic E-state index is -0.387. The molecule has 0 aliphatic heterocycles. The predicted molar refractivity (Wildman–Crippen MR) is 98.4 cm³/mol. The van der Waals surface area contributed by atoms with Gasteiger partial charge < -0.3 is 19.5 Å². The molecule has 0 atom stereocenters. The Kier molecular flexibility index (Phi) is 4.90. The van der Waals surface area contributed by atoms with Crippen LogP contribution in [0.15, 0.2) is 36.4 Å². The van der Waals surface area contributed by atoms with Crippen molar-refractivity contribution in [2.75, 3.05) is 32.0 Å². The van der Waals surface area contributed by atoms with Crippen LogP contribution in [0.3, 0.4) is 0 Å². The minimum absolute atomic E-state index is 0.387. The zero-order valence-electron chi connectivity index (χ0n) is 14.0. The highest BCUT2D eigenvalue weighted by atomic mass is 32.1. The smallest absolute Gasteiger partial charge is 0.325 e. The molecule has 25 heavy (non-hydrogen) atoms. The molecule has 2 amide bonds. The molecule has 3 rings (SSSR count). The van der Waals surface area contributed by atoms with E-state index in [9.17, 15) is 4.79 Å². The van der Waals surface area contributed by atoms with Crippen molar-refractivity contribution in [2.24, 2.45) is 0 Å². The van der Waals surface area contributed by atoms with E-state index in [1.165, 1.54) is 11.3 Å². The number of methoxy groups -OCH3 is 3. The van der Waals surface area contributed by atoms with Crippen LogP contribution in [0.2, 0.25) is 0 Å². The van der Waals surface area contributed by atoms with E-state index in [1.807, 2.05) is 0 Å². The third kappa shape index (κ3) is 3.58. The highest BCUT2D eigenvalue weighted by molar-refractivity contribution is 7.22. The molecule has 0 bridgehead atoms. The molecule has 0 aliphatic carbocycles. The number of nitrogens with zero attached hydrogens (tertiary/aromatic N) is 1. The number of fused-ring (bicyclic) bond motifs is 1. The first-order chi connectivity index (χ1) is 12.1. The highest BCUT2D eigenvalue weighted by Crippen LogP contribution is 2.38. The van der Waals surface area contributed by atoms with Gasteiger partial charge in [-0.25, -0.2) is 9.78 Å². The lowest BCUT2D eigenvalue weighted by molar-refractivity contribution is 0.262. The van der Waals surface area contributed by atoms with Crippen LogP contribution >= 0.6 is 11.3 Å². The zero-order valence-corrected chi connectivity index (χ0v) is 14.8.